The van der Waals surface area contributed by atoms with Crippen LogP contribution in [0.4, 0.5) is 0 Å². The van der Waals surface area contributed by atoms with Crippen molar-refractivity contribution in [3.05, 3.63) is 58.4 Å². The first-order chi connectivity index (χ1) is 11.5. The monoisotopic (exact) mass is 330 g/mol. The summed E-state index contributed by atoms with van der Waals surface area (Å²) in [5, 5.41) is 7.57. The van der Waals surface area contributed by atoms with Gasteiger partial charge < -0.3 is 15.0 Å². The van der Waals surface area contributed by atoms with Gasteiger partial charge in [-0.3, -0.25) is 0 Å². The summed E-state index contributed by atoms with van der Waals surface area (Å²) in [6.45, 7) is 11.0. The average molecular weight is 331 g/mol. The first-order valence-electron chi connectivity index (χ1n) is 8.96. The SMILES string of the molecule is CCO.CN1CCCC1.Cc1ccccc1Cc1c(C)c[nH]c1C. The number of rotatable bonds is 2. The second-order valence-electron chi connectivity index (χ2n) is 6.51. The Kier molecular flexibility index (Phi) is 9.43. The highest BCUT2D eigenvalue weighted by Crippen LogP contribution is 2.19. The van der Waals surface area contributed by atoms with Crippen LogP contribution in [0, 0.1) is 20.8 Å². The molecule has 1 aromatic heterocycles. The lowest BCUT2D eigenvalue weighted by atomic mass is 9.99. The number of nitrogens with zero attached hydrogens (tertiary/aromatic N) is 1. The summed E-state index contributed by atoms with van der Waals surface area (Å²) in [5.74, 6) is 0. The van der Waals surface area contributed by atoms with E-state index in [9.17, 15) is 0 Å². The first kappa shape index (κ1) is 20.5. The molecule has 1 fully saturated rings. The highest BCUT2D eigenvalue weighted by molar-refractivity contribution is 5.37. The van der Waals surface area contributed by atoms with Crippen LogP contribution in [-0.2, 0) is 6.42 Å². The molecule has 24 heavy (non-hydrogen) atoms. The molecule has 1 aliphatic heterocycles. The second-order valence-corrected chi connectivity index (χ2v) is 6.51. The van der Waals surface area contributed by atoms with E-state index in [-0.39, 0.29) is 6.61 Å². The predicted octanol–water partition coefficient (Wildman–Crippen LogP) is 4.24. The van der Waals surface area contributed by atoms with Gasteiger partial charge in [0, 0.05) is 18.5 Å². The summed E-state index contributed by atoms with van der Waals surface area (Å²) in [7, 11) is 2.17. The Morgan fingerprint density at radius 1 is 1.04 bits per heavy atom. The molecule has 1 aromatic carbocycles. The normalized spacial score (nSPS) is 13.8. The van der Waals surface area contributed by atoms with E-state index in [1.165, 1.54) is 53.9 Å². The molecule has 0 bridgehead atoms. The van der Waals surface area contributed by atoms with Crippen LogP contribution in [0.3, 0.4) is 0 Å². The molecule has 3 heteroatoms. The molecular formula is C21H34N2O. The quantitative estimate of drug-likeness (QED) is 0.864. The van der Waals surface area contributed by atoms with E-state index in [1.54, 1.807) is 6.92 Å². The Labute approximate surface area is 147 Å². The van der Waals surface area contributed by atoms with Gasteiger partial charge in [0.2, 0.25) is 0 Å². The third kappa shape index (κ3) is 6.90. The van der Waals surface area contributed by atoms with E-state index in [4.69, 9.17) is 5.11 Å². The van der Waals surface area contributed by atoms with Crippen molar-refractivity contribution < 1.29 is 5.11 Å². The number of hydrogen-bond donors (Lipinski definition) is 2. The summed E-state index contributed by atoms with van der Waals surface area (Å²) in [6.07, 6.45) is 5.95. The molecule has 134 valence electrons. The molecular weight excluding hydrogens is 296 g/mol. The number of H-pyrrole nitrogens is 1. The standard InChI is InChI=1S/C14H17N.C5H11N.C2H6O/c1-10-6-4-5-7-13(10)8-14-11(2)9-15-12(14)3;1-6-4-2-3-5-6;1-2-3/h4-7,9,15H,8H2,1-3H3;2-5H2,1H3;3H,2H2,1H3. The van der Waals surface area contributed by atoms with Gasteiger partial charge in [-0.2, -0.15) is 0 Å². The lowest BCUT2D eigenvalue weighted by Gasteiger charge is -2.06. The molecule has 2 N–H and O–H groups in total. The summed E-state index contributed by atoms with van der Waals surface area (Å²) in [6, 6.07) is 8.59. The maximum absolute atomic E-state index is 7.57. The molecule has 0 saturated carbocycles. The average Bonchev–Trinajstić information content (AvgIpc) is 3.15. The Balaban J connectivity index is 0.000000265. The zero-order valence-electron chi connectivity index (χ0n) is 16.0. The summed E-state index contributed by atoms with van der Waals surface area (Å²) in [4.78, 5) is 5.64. The lowest BCUT2D eigenvalue weighted by Crippen LogP contribution is -2.10. The van der Waals surface area contributed by atoms with E-state index < -0.39 is 0 Å². The number of aryl methyl sites for hydroxylation is 3. The highest BCUT2D eigenvalue weighted by atomic mass is 16.2. The number of aromatic nitrogens is 1. The van der Waals surface area contributed by atoms with Crippen molar-refractivity contribution in [1.29, 1.82) is 0 Å². The van der Waals surface area contributed by atoms with Crippen molar-refractivity contribution in [2.24, 2.45) is 0 Å². The minimum Gasteiger partial charge on any atom is -0.397 e. The maximum atomic E-state index is 7.57. The third-order valence-electron chi connectivity index (χ3n) is 4.39. The number of aliphatic hydroxyl groups excluding tert-OH is 1. The molecule has 1 aliphatic rings. The molecule has 0 radical (unpaired) electrons. The van der Waals surface area contributed by atoms with Gasteiger partial charge in [0.05, 0.1) is 0 Å². The van der Waals surface area contributed by atoms with Crippen LogP contribution >= 0.6 is 0 Å². The molecule has 0 aliphatic carbocycles. The van der Waals surface area contributed by atoms with E-state index in [0.29, 0.717) is 0 Å². The van der Waals surface area contributed by atoms with Crippen LogP contribution in [0.1, 0.15) is 47.7 Å². The molecule has 0 spiro atoms. The fourth-order valence-electron chi connectivity index (χ4n) is 2.83. The predicted molar refractivity (Wildman–Crippen MR) is 104 cm³/mol. The summed E-state index contributed by atoms with van der Waals surface area (Å²) < 4.78 is 0. The van der Waals surface area contributed by atoms with Crippen LogP contribution in [0.15, 0.2) is 30.5 Å². The van der Waals surface area contributed by atoms with Crippen LogP contribution in [0.25, 0.3) is 0 Å². The van der Waals surface area contributed by atoms with Gasteiger partial charge in [0.25, 0.3) is 0 Å². The van der Waals surface area contributed by atoms with Crippen LogP contribution in [0.2, 0.25) is 0 Å². The molecule has 3 nitrogen and oxygen atoms in total. The number of nitrogens with one attached hydrogen (secondary N) is 1. The molecule has 2 aromatic rings. The number of hydrogen-bond acceptors (Lipinski definition) is 2. The number of aliphatic hydroxyl groups is 1. The zero-order chi connectivity index (χ0) is 17.9. The van der Waals surface area contributed by atoms with Gasteiger partial charge in [-0.25, -0.2) is 0 Å². The molecule has 0 unspecified atom stereocenters. The zero-order valence-corrected chi connectivity index (χ0v) is 16.0. The van der Waals surface area contributed by atoms with Crippen molar-refractivity contribution in [2.75, 3.05) is 26.7 Å². The lowest BCUT2D eigenvalue weighted by molar-refractivity contribution is 0.318. The Bertz CT molecular complexity index is 564. The van der Waals surface area contributed by atoms with Gasteiger partial charge >= 0.3 is 0 Å². The molecule has 2 heterocycles. The van der Waals surface area contributed by atoms with Crippen molar-refractivity contribution in [1.82, 2.24) is 9.88 Å². The largest absolute Gasteiger partial charge is 0.397 e. The third-order valence-corrected chi connectivity index (χ3v) is 4.39. The van der Waals surface area contributed by atoms with Crippen LogP contribution in [0.5, 0.6) is 0 Å². The molecule has 0 atom stereocenters. The second kappa shape index (κ2) is 11.1. The molecule has 0 amide bonds. The number of likely N-dealkylation sites (tertiary alicyclic amines) is 1. The summed E-state index contributed by atoms with van der Waals surface area (Å²) >= 11 is 0. The number of benzene rings is 1. The van der Waals surface area contributed by atoms with Gasteiger partial charge in [-0.05, 0) is 89.3 Å². The molecule has 1 saturated heterocycles. The Morgan fingerprint density at radius 2 is 1.62 bits per heavy atom. The highest BCUT2D eigenvalue weighted by Gasteiger charge is 2.06. The Hall–Kier alpha value is -1.58. The topological polar surface area (TPSA) is 39.3 Å². The Morgan fingerprint density at radius 3 is 2.04 bits per heavy atom. The minimum atomic E-state index is 0.250. The fourth-order valence-corrected chi connectivity index (χ4v) is 2.83. The van der Waals surface area contributed by atoms with Gasteiger partial charge in [-0.15, -0.1) is 0 Å². The fraction of sp³-hybridized carbons (Fsp3) is 0.524. The van der Waals surface area contributed by atoms with Gasteiger partial charge in [-0.1, -0.05) is 24.3 Å². The van der Waals surface area contributed by atoms with E-state index in [1.807, 2.05) is 0 Å². The number of aromatic amines is 1. The van der Waals surface area contributed by atoms with E-state index >= 15 is 0 Å². The van der Waals surface area contributed by atoms with Crippen LogP contribution in [-0.4, -0.2) is 41.7 Å². The maximum Gasteiger partial charge on any atom is 0.0402 e. The van der Waals surface area contributed by atoms with Crippen molar-refractivity contribution in [2.45, 2.75) is 47.0 Å². The summed E-state index contributed by atoms with van der Waals surface area (Å²) in [5.41, 5.74) is 6.87. The van der Waals surface area contributed by atoms with E-state index in [2.05, 4.69) is 68.2 Å². The van der Waals surface area contributed by atoms with Crippen molar-refractivity contribution >= 4 is 0 Å². The smallest absolute Gasteiger partial charge is 0.0402 e. The van der Waals surface area contributed by atoms with E-state index in [0.717, 1.165) is 6.42 Å². The van der Waals surface area contributed by atoms with Gasteiger partial charge in [0.1, 0.15) is 0 Å². The first-order valence-corrected chi connectivity index (χ1v) is 8.96. The van der Waals surface area contributed by atoms with Crippen molar-refractivity contribution in [3.8, 4) is 0 Å². The van der Waals surface area contributed by atoms with Crippen molar-refractivity contribution in [3.63, 3.8) is 0 Å². The minimum absolute atomic E-state index is 0.250. The van der Waals surface area contributed by atoms with Gasteiger partial charge in [0.15, 0.2) is 0 Å². The molecule has 3 rings (SSSR count). The van der Waals surface area contributed by atoms with Crippen LogP contribution < -0.4 is 0 Å².